The van der Waals surface area contributed by atoms with Gasteiger partial charge in [0.2, 0.25) is 0 Å². The van der Waals surface area contributed by atoms with Crippen LogP contribution in [-0.2, 0) is 14.6 Å². The molecule has 0 saturated heterocycles. The summed E-state index contributed by atoms with van der Waals surface area (Å²) in [5.74, 6) is 0.632. The van der Waals surface area contributed by atoms with Crippen LogP contribution in [0.1, 0.15) is 37.7 Å². The van der Waals surface area contributed by atoms with Crippen molar-refractivity contribution in [3.05, 3.63) is 29.8 Å². The minimum absolute atomic E-state index is 0.125. The predicted octanol–water partition coefficient (Wildman–Crippen LogP) is 3.30. The zero-order chi connectivity index (χ0) is 17.1. The molecule has 2 unspecified atom stereocenters. The molecule has 4 aliphatic rings. The number of aliphatic carboxylic acids is 1. The van der Waals surface area contributed by atoms with Crippen molar-refractivity contribution >= 4 is 15.8 Å². The third kappa shape index (κ3) is 2.48. The molecule has 2 atom stereocenters. The first kappa shape index (κ1) is 16.1. The third-order valence-corrected chi connectivity index (χ3v) is 8.53. The number of carboxylic acids is 1. The number of hydrogen-bond acceptors (Lipinski definition) is 3. The topological polar surface area (TPSA) is 71.4 Å². The van der Waals surface area contributed by atoms with Crippen LogP contribution in [0.2, 0.25) is 0 Å². The van der Waals surface area contributed by atoms with E-state index in [0.29, 0.717) is 23.7 Å². The minimum Gasteiger partial charge on any atom is -0.481 e. The zero-order valence-electron chi connectivity index (χ0n) is 13.9. The first-order valence-corrected chi connectivity index (χ1v) is 10.5. The molecule has 24 heavy (non-hydrogen) atoms. The molecule has 4 aliphatic carbocycles. The highest BCUT2D eigenvalue weighted by atomic mass is 32.2. The zero-order valence-corrected chi connectivity index (χ0v) is 14.8. The maximum Gasteiger partial charge on any atom is 0.309 e. The Morgan fingerprint density at radius 3 is 2.25 bits per heavy atom. The van der Waals surface area contributed by atoms with Gasteiger partial charge in [0.25, 0.3) is 0 Å². The minimum atomic E-state index is -3.31. The highest BCUT2D eigenvalue weighted by Crippen LogP contribution is 2.62. The second-order valence-corrected chi connectivity index (χ2v) is 10.3. The van der Waals surface area contributed by atoms with Crippen LogP contribution in [0.3, 0.4) is 0 Å². The van der Waals surface area contributed by atoms with Crippen molar-refractivity contribution in [2.75, 3.05) is 5.75 Å². The monoisotopic (exact) mass is 348 g/mol. The Kier molecular flexibility index (Phi) is 3.57. The smallest absolute Gasteiger partial charge is 0.309 e. The summed E-state index contributed by atoms with van der Waals surface area (Å²) in [7, 11) is -3.31. The quantitative estimate of drug-likeness (QED) is 0.906. The molecule has 4 fully saturated rings. The standard InChI is InChI=1S/C19H24O4S/c1-12-2-4-16(5-3-12)24(22,23)11-17-14-6-13-7-15(17)10-19(8-13,9-14)18(20)21/h2-5,13-15,17H,6-11H2,1H3,(H,20,21). The molecule has 4 saturated carbocycles. The van der Waals surface area contributed by atoms with Crippen molar-refractivity contribution in [1.29, 1.82) is 0 Å². The molecule has 0 aromatic heterocycles. The van der Waals surface area contributed by atoms with Gasteiger partial charge in [-0.3, -0.25) is 4.79 Å². The average Bonchev–Trinajstić information content (AvgIpc) is 2.50. The van der Waals surface area contributed by atoms with E-state index >= 15 is 0 Å². The lowest BCUT2D eigenvalue weighted by Crippen LogP contribution is -2.55. The molecule has 4 bridgehead atoms. The van der Waals surface area contributed by atoms with E-state index in [9.17, 15) is 18.3 Å². The summed E-state index contributed by atoms with van der Waals surface area (Å²) in [6.45, 7) is 1.94. The van der Waals surface area contributed by atoms with Crippen molar-refractivity contribution < 1.29 is 18.3 Å². The van der Waals surface area contributed by atoms with Gasteiger partial charge in [0.05, 0.1) is 16.1 Å². The molecule has 1 aromatic rings. The Balaban J connectivity index is 1.58. The van der Waals surface area contributed by atoms with E-state index in [1.165, 1.54) is 0 Å². The number of carbonyl (C=O) groups is 1. The van der Waals surface area contributed by atoms with Crippen LogP contribution in [0.4, 0.5) is 0 Å². The van der Waals surface area contributed by atoms with Crippen LogP contribution in [-0.4, -0.2) is 25.2 Å². The van der Waals surface area contributed by atoms with E-state index in [4.69, 9.17) is 0 Å². The van der Waals surface area contributed by atoms with Gasteiger partial charge in [-0.25, -0.2) is 8.42 Å². The number of hydrogen-bond donors (Lipinski definition) is 1. The van der Waals surface area contributed by atoms with Gasteiger partial charge in [-0.2, -0.15) is 0 Å². The van der Waals surface area contributed by atoms with Crippen molar-refractivity contribution in [2.45, 2.75) is 43.9 Å². The Hall–Kier alpha value is -1.36. The molecule has 0 radical (unpaired) electrons. The lowest BCUT2D eigenvalue weighted by Gasteiger charge is -2.58. The fourth-order valence-corrected chi connectivity index (χ4v) is 7.55. The molecule has 0 heterocycles. The van der Waals surface area contributed by atoms with E-state index in [1.807, 2.05) is 19.1 Å². The van der Waals surface area contributed by atoms with Gasteiger partial charge in [-0.05, 0) is 74.8 Å². The molecule has 0 amide bonds. The van der Waals surface area contributed by atoms with Gasteiger partial charge in [-0.15, -0.1) is 0 Å². The summed E-state index contributed by atoms with van der Waals surface area (Å²) in [6.07, 6.45) is 4.17. The maximum absolute atomic E-state index is 12.8. The molecule has 1 aromatic carbocycles. The van der Waals surface area contributed by atoms with Crippen molar-refractivity contribution in [3.8, 4) is 0 Å². The fourth-order valence-electron chi connectivity index (χ4n) is 5.76. The van der Waals surface area contributed by atoms with Gasteiger partial charge < -0.3 is 5.11 Å². The van der Waals surface area contributed by atoms with E-state index in [2.05, 4.69) is 0 Å². The summed E-state index contributed by atoms with van der Waals surface area (Å²) in [5.41, 5.74) is 0.479. The van der Waals surface area contributed by atoms with E-state index in [0.717, 1.165) is 24.8 Å². The van der Waals surface area contributed by atoms with Gasteiger partial charge >= 0.3 is 5.97 Å². The molecule has 0 spiro atoms. The van der Waals surface area contributed by atoms with Crippen molar-refractivity contribution in [1.82, 2.24) is 0 Å². The second-order valence-electron chi connectivity index (χ2n) is 8.31. The summed E-state index contributed by atoms with van der Waals surface area (Å²) in [5, 5.41) is 9.68. The Morgan fingerprint density at radius 1 is 1.12 bits per heavy atom. The lowest BCUT2D eigenvalue weighted by molar-refractivity contribution is -0.169. The highest BCUT2D eigenvalue weighted by molar-refractivity contribution is 7.91. The number of carboxylic acid groups (broad SMARTS) is 1. The molecular weight excluding hydrogens is 324 g/mol. The van der Waals surface area contributed by atoms with E-state index in [-0.39, 0.29) is 23.5 Å². The molecule has 130 valence electrons. The summed E-state index contributed by atoms with van der Waals surface area (Å²) < 4.78 is 25.7. The van der Waals surface area contributed by atoms with Crippen LogP contribution in [0, 0.1) is 36.0 Å². The Bertz CT molecular complexity index is 749. The number of aryl methyl sites for hydroxylation is 1. The van der Waals surface area contributed by atoms with E-state index < -0.39 is 21.2 Å². The molecule has 0 aliphatic heterocycles. The molecule has 5 heteroatoms. The van der Waals surface area contributed by atoms with Crippen LogP contribution < -0.4 is 0 Å². The largest absolute Gasteiger partial charge is 0.481 e. The SMILES string of the molecule is Cc1ccc(S(=O)(=O)CC2C3CC4CC2CC(C(=O)O)(C4)C3)cc1. The van der Waals surface area contributed by atoms with Crippen molar-refractivity contribution in [2.24, 2.45) is 29.1 Å². The number of rotatable bonds is 4. The molecular formula is C19H24O4S. The Morgan fingerprint density at radius 2 is 1.71 bits per heavy atom. The highest BCUT2D eigenvalue weighted by Gasteiger charge is 2.59. The van der Waals surface area contributed by atoms with Crippen LogP contribution in [0.25, 0.3) is 0 Å². The maximum atomic E-state index is 12.8. The van der Waals surface area contributed by atoms with Crippen LogP contribution in [0.5, 0.6) is 0 Å². The summed E-state index contributed by atoms with van der Waals surface area (Å²) in [4.78, 5) is 12.2. The van der Waals surface area contributed by atoms with E-state index in [1.54, 1.807) is 12.1 Å². The molecule has 1 N–H and O–H groups in total. The lowest BCUT2D eigenvalue weighted by atomic mass is 9.46. The first-order chi connectivity index (χ1) is 11.3. The van der Waals surface area contributed by atoms with Crippen LogP contribution >= 0.6 is 0 Å². The number of benzene rings is 1. The predicted molar refractivity (Wildman–Crippen MR) is 90.3 cm³/mol. The van der Waals surface area contributed by atoms with Crippen molar-refractivity contribution in [3.63, 3.8) is 0 Å². The van der Waals surface area contributed by atoms with Gasteiger partial charge in [-0.1, -0.05) is 17.7 Å². The fraction of sp³-hybridized carbons (Fsp3) is 0.632. The first-order valence-electron chi connectivity index (χ1n) is 8.82. The normalized spacial score (nSPS) is 37.5. The van der Waals surface area contributed by atoms with Gasteiger partial charge in [0, 0.05) is 0 Å². The summed E-state index contributed by atoms with van der Waals surface area (Å²) in [6, 6.07) is 7.06. The molecule has 5 rings (SSSR count). The second kappa shape index (κ2) is 5.32. The van der Waals surface area contributed by atoms with Crippen LogP contribution in [0.15, 0.2) is 29.2 Å². The number of sulfone groups is 1. The van der Waals surface area contributed by atoms with Gasteiger partial charge in [0.15, 0.2) is 9.84 Å². The summed E-state index contributed by atoms with van der Waals surface area (Å²) >= 11 is 0. The molecule has 4 nitrogen and oxygen atoms in total. The third-order valence-electron chi connectivity index (χ3n) is 6.71. The average molecular weight is 348 g/mol. The van der Waals surface area contributed by atoms with Gasteiger partial charge in [0.1, 0.15) is 0 Å². The Labute approximate surface area is 143 Å².